The molecule has 2 saturated carbocycles. The number of aliphatic hydroxyl groups is 2. The van der Waals surface area contributed by atoms with E-state index in [2.05, 4.69) is 20.8 Å². The van der Waals surface area contributed by atoms with Crippen LogP contribution in [0.25, 0.3) is 0 Å². The lowest BCUT2D eigenvalue weighted by molar-refractivity contribution is -0.218. The van der Waals surface area contributed by atoms with Crippen molar-refractivity contribution in [2.24, 2.45) is 28.6 Å². The summed E-state index contributed by atoms with van der Waals surface area (Å²) in [7, 11) is 0. The summed E-state index contributed by atoms with van der Waals surface area (Å²) in [6.07, 6.45) is 3.31. The molecule has 0 aromatic carbocycles. The Labute approximate surface area is 148 Å². The van der Waals surface area contributed by atoms with Crippen LogP contribution in [0.4, 0.5) is 0 Å². The summed E-state index contributed by atoms with van der Waals surface area (Å²) in [5.41, 5.74) is 0.376. The summed E-state index contributed by atoms with van der Waals surface area (Å²) < 4.78 is 5.62. The summed E-state index contributed by atoms with van der Waals surface area (Å²) in [6, 6.07) is 1.71. The highest BCUT2D eigenvalue weighted by atomic mass is 16.4. The number of fused-ring (bicyclic) bond motifs is 4. The molecule has 25 heavy (non-hydrogen) atoms. The predicted octanol–water partition coefficient (Wildman–Crippen LogP) is 2.80. The molecule has 0 saturated heterocycles. The van der Waals surface area contributed by atoms with Crippen LogP contribution < -0.4 is 0 Å². The second-order valence-electron chi connectivity index (χ2n) is 9.31. The Hall–Kier alpha value is -1.33. The fraction of sp³-hybridized carbons (Fsp3) is 0.750. The fourth-order valence-electron chi connectivity index (χ4n) is 6.80. The van der Waals surface area contributed by atoms with Crippen molar-refractivity contribution in [3.63, 3.8) is 0 Å². The number of carboxylic acid groups (broad SMARTS) is 1. The molecule has 0 radical (unpaired) electrons. The Bertz CT molecular complexity index is 692. The third kappa shape index (κ3) is 2.18. The average molecular weight is 348 g/mol. The van der Waals surface area contributed by atoms with Crippen molar-refractivity contribution in [3.05, 3.63) is 23.7 Å². The van der Waals surface area contributed by atoms with Gasteiger partial charge in [0, 0.05) is 17.9 Å². The van der Waals surface area contributed by atoms with Gasteiger partial charge in [0.15, 0.2) is 0 Å². The van der Waals surface area contributed by atoms with Gasteiger partial charge >= 0.3 is 5.97 Å². The number of rotatable bonds is 1. The molecule has 3 aliphatic rings. The molecular formula is C20H28O5. The first kappa shape index (κ1) is 17.1. The maximum absolute atomic E-state index is 12.1. The van der Waals surface area contributed by atoms with Crippen LogP contribution in [0.1, 0.15) is 57.3 Å². The lowest BCUT2D eigenvalue weighted by atomic mass is 9.42. The SMILES string of the molecule is CC1(C)CCC[C@@]2(C)C3Cc4occc4[C@H](C(=O)O)C3[C@H](O)[C@@H](O)C12. The van der Waals surface area contributed by atoms with Gasteiger partial charge in [-0.05, 0) is 41.6 Å². The average Bonchev–Trinajstić information content (AvgIpc) is 2.97. The molecule has 3 N–H and O–H groups in total. The van der Waals surface area contributed by atoms with Crippen LogP contribution in [-0.4, -0.2) is 33.5 Å². The molecule has 2 fully saturated rings. The summed E-state index contributed by atoms with van der Waals surface area (Å²) in [5, 5.41) is 31.9. The van der Waals surface area contributed by atoms with E-state index < -0.39 is 30.0 Å². The standard InChI is InChI=1S/C20H28O5/c1-19(2)6-4-7-20(3)11-9-12-10(5-8-25-12)13(18(23)24)14(11)15(21)16(22)17(19)20/h5,8,11,13-17,21-22H,4,6-7,9H2,1-3H3,(H,23,24)/t11?,13-,14?,15-,16+,17?,20-/m0/s1. The Kier molecular flexibility index (Phi) is 3.65. The monoisotopic (exact) mass is 348 g/mol. The molecular weight excluding hydrogens is 320 g/mol. The van der Waals surface area contributed by atoms with Gasteiger partial charge in [0.05, 0.1) is 24.4 Å². The topological polar surface area (TPSA) is 90.9 Å². The van der Waals surface area contributed by atoms with E-state index in [4.69, 9.17) is 4.42 Å². The van der Waals surface area contributed by atoms with Crippen molar-refractivity contribution < 1.29 is 24.5 Å². The highest BCUT2D eigenvalue weighted by molar-refractivity contribution is 5.77. The normalized spacial score (nSPS) is 45.2. The van der Waals surface area contributed by atoms with E-state index in [1.54, 1.807) is 12.3 Å². The first-order valence-electron chi connectivity index (χ1n) is 9.33. The summed E-state index contributed by atoms with van der Waals surface area (Å²) in [4.78, 5) is 12.1. The molecule has 0 bridgehead atoms. The van der Waals surface area contributed by atoms with Crippen molar-refractivity contribution in [1.29, 1.82) is 0 Å². The number of aliphatic carboxylic acids is 1. The third-order valence-corrected chi connectivity index (χ3v) is 7.66. The smallest absolute Gasteiger partial charge is 0.311 e. The number of carbonyl (C=O) groups is 1. The molecule has 5 heteroatoms. The van der Waals surface area contributed by atoms with Crippen molar-refractivity contribution >= 4 is 5.97 Å². The maximum atomic E-state index is 12.1. The molecule has 0 amide bonds. The summed E-state index contributed by atoms with van der Waals surface area (Å²) >= 11 is 0. The summed E-state index contributed by atoms with van der Waals surface area (Å²) in [6.45, 7) is 6.53. The van der Waals surface area contributed by atoms with Crippen molar-refractivity contribution in [3.8, 4) is 0 Å². The van der Waals surface area contributed by atoms with Crippen molar-refractivity contribution in [2.75, 3.05) is 0 Å². The molecule has 7 atom stereocenters. The second kappa shape index (κ2) is 5.34. The zero-order valence-electron chi connectivity index (χ0n) is 15.1. The van der Waals surface area contributed by atoms with Crippen LogP contribution in [0.5, 0.6) is 0 Å². The molecule has 1 heterocycles. The van der Waals surface area contributed by atoms with Gasteiger partial charge in [-0.3, -0.25) is 4.79 Å². The molecule has 5 nitrogen and oxygen atoms in total. The minimum atomic E-state index is -1.02. The first-order chi connectivity index (χ1) is 11.7. The van der Waals surface area contributed by atoms with Crippen LogP contribution in [0, 0.1) is 28.6 Å². The van der Waals surface area contributed by atoms with Crippen LogP contribution in [0.3, 0.4) is 0 Å². The van der Waals surface area contributed by atoms with Crippen LogP contribution in [-0.2, 0) is 11.2 Å². The molecule has 138 valence electrons. The maximum Gasteiger partial charge on any atom is 0.311 e. The quantitative estimate of drug-likeness (QED) is 0.726. The van der Waals surface area contributed by atoms with E-state index >= 15 is 0 Å². The van der Waals surface area contributed by atoms with Crippen LogP contribution in [0.15, 0.2) is 16.7 Å². The van der Waals surface area contributed by atoms with Gasteiger partial charge in [-0.1, -0.05) is 27.2 Å². The van der Waals surface area contributed by atoms with Gasteiger partial charge in [0.1, 0.15) is 5.76 Å². The minimum absolute atomic E-state index is 0.00442. The Morgan fingerprint density at radius 3 is 2.60 bits per heavy atom. The van der Waals surface area contributed by atoms with Gasteiger partial charge in [-0.15, -0.1) is 0 Å². The highest BCUT2D eigenvalue weighted by Gasteiger charge is 2.64. The van der Waals surface area contributed by atoms with Gasteiger partial charge in [-0.25, -0.2) is 0 Å². The molecule has 3 aliphatic carbocycles. The van der Waals surface area contributed by atoms with Gasteiger partial charge < -0.3 is 19.7 Å². The third-order valence-electron chi connectivity index (χ3n) is 7.66. The number of hydrogen-bond donors (Lipinski definition) is 3. The predicted molar refractivity (Wildman–Crippen MR) is 91.0 cm³/mol. The highest BCUT2D eigenvalue weighted by Crippen LogP contribution is 2.64. The first-order valence-corrected chi connectivity index (χ1v) is 9.33. The molecule has 0 aliphatic heterocycles. The number of carboxylic acids is 1. The Morgan fingerprint density at radius 2 is 1.92 bits per heavy atom. The fourth-order valence-corrected chi connectivity index (χ4v) is 6.80. The number of furan rings is 1. The minimum Gasteiger partial charge on any atom is -0.481 e. The van der Waals surface area contributed by atoms with Crippen LogP contribution in [0.2, 0.25) is 0 Å². The molecule has 1 aromatic heterocycles. The Balaban J connectivity index is 1.87. The van der Waals surface area contributed by atoms with E-state index in [-0.39, 0.29) is 22.7 Å². The lowest BCUT2D eigenvalue weighted by Crippen LogP contribution is -2.65. The van der Waals surface area contributed by atoms with E-state index in [1.165, 1.54) is 0 Å². The van der Waals surface area contributed by atoms with Crippen molar-refractivity contribution in [1.82, 2.24) is 0 Å². The number of hydrogen-bond acceptors (Lipinski definition) is 4. The van der Waals surface area contributed by atoms with Crippen molar-refractivity contribution in [2.45, 2.75) is 64.6 Å². The zero-order chi connectivity index (χ0) is 18.1. The molecule has 3 unspecified atom stereocenters. The van der Waals surface area contributed by atoms with Gasteiger partial charge in [-0.2, -0.15) is 0 Å². The van der Waals surface area contributed by atoms with Gasteiger partial charge in [0.2, 0.25) is 0 Å². The van der Waals surface area contributed by atoms with Crippen LogP contribution >= 0.6 is 0 Å². The van der Waals surface area contributed by atoms with Gasteiger partial charge in [0.25, 0.3) is 0 Å². The largest absolute Gasteiger partial charge is 0.481 e. The van der Waals surface area contributed by atoms with E-state index in [9.17, 15) is 20.1 Å². The molecule has 0 spiro atoms. The van der Waals surface area contributed by atoms with E-state index in [1.807, 2.05) is 0 Å². The summed E-state index contributed by atoms with van der Waals surface area (Å²) in [5.74, 6) is -1.56. The Morgan fingerprint density at radius 1 is 1.20 bits per heavy atom. The molecule has 1 aromatic rings. The molecule has 4 rings (SSSR count). The van der Waals surface area contributed by atoms with E-state index in [0.717, 1.165) is 25.0 Å². The van der Waals surface area contributed by atoms with E-state index in [0.29, 0.717) is 12.0 Å². The lowest BCUT2D eigenvalue weighted by Gasteiger charge is -2.63. The second-order valence-corrected chi connectivity index (χ2v) is 9.31. The zero-order valence-corrected chi connectivity index (χ0v) is 15.1. The number of aliphatic hydroxyl groups excluding tert-OH is 2.